The number of hydrogen-bond acceptors (Lipinski definition) is 4. The van der Waals surface area contributed by atoms with Crippen molar-refractivity contribution in [1.29, 1.82) is 0 Å². The Labute approximate surface area is 218 Å². The zero-order valence-electron chi connectivity index (χ0n) is 20.1. The molecule has 0 atom stereocenters. The van der Waals surface area contributed by atoms with Gasteiger partial charge in [0.25, 0.3) is 0 Å². The number of ether oxygens (including phenoxy) is 1. The topological polar surface area (TPSA) is 88.5 Å². The number of halogens is 2. The maximum atomic E-state index is 13.1. The zero-order chi connectivity index (χ0) is 25.6. The fourth-order valence-corrected chi connectivity index (χ4v) is 3.84. The molecule has 0 spiro atoms. The van der Waals surface area contributed by atoms with Gasteiger partial charge in [0, 0.05) is 35.3 Å². The predicted octanol–water partition coefficient (Wildman–Crippen LogP) is 5.70. The first-order chi connectivity index (χ1) is 16.6. The third-order valence-corrected chi connectivity index (χ3v) is 5.90. The highest BCUT2D eigenvalue weighted by atomic mass is 79.9. The molecule has 0 aliphatic rings. The van der Waals surface area contributed by atoms with Crippen LogP contribution in [-0.2, 0) is 14.9 Å². The van der Waals surface area contributed by atoms with E-state index in [2.05, 4.69) is 26.6 Å². The van der Waals surface area contributed by atoms with Gasteiger partial charge < -0.3 is 20.3 Å². The third kappa shape index (κ3) is 7.30. The molecule has 3 amide bonds. The van der Waals surface area contributed by atoms with Gasteiger partial charge in [-0.3, -0.25) is 4.79 Å². The van der Waals surface area contributed by atoms with Crippen molar-refractivity contribution in [3.8, 4) is 5.69 Å². The Hall–Kier alpha value is -2.88. The summed E-state index contributed by atoms with van der Waals surface area (Å²) in [5.74, 6) is 0.0891. The van der Waals surface area contributed by atoms with E-state index in [1.54, 1.807) is 30.0 Å². The SMILES string of the molecule is COCCN(CC(=O)Nc1cc(C(C)(C)C)nn1-c1ccccc1Cl)C(=O)Nc1cccc(Br)c1. The Kier molecular flexibility index (Phi) is 8.93. The molecular weight excluding hydrogens is 534 g/mol. The van der Waals surface area contributed by atoms with Crippen LogP contribution in [0.15, 0.2) is 59.1 Å². The smallest absolute Gasteiger partial charge is 0.322 e. The minimum atomic E-state index is -0.412. The van der Waals surface area contributed by atoms with Crippen molar-refractivity contribution < 1.29 is 14.3 Å². The van der Waals surface area contributed by atoms with Crippen LogP contribution in [0.4, 0.5) is 16.3 Å². The van der Waals surface area contributed by atoms with Gasteiger partial charge in [0.2, 0.25) is 5.91 Å². The van der Waals surface area contributed by atoms with E-state index >= 15 is 0 Å². The lowest BCUT2D eigenvalue weighted by atomic mass is 9.92. The Morgan fingerprint density at radius 3 is 2.51 bits per heavy atom. The largest absolute Gasteiger partial charge is 0.383 e. The summed E-state index contributed by atoms with van der Waals surface area (Å²) in [6.07, 6.45) is 0. The number of anilines is 2. The number of para-hydroxylation sites is 1. The van der Waals surface area contributed by atoms with Crippen LogP contribution in [0.3, 0.4) is 0 Å². The first kappa shape index (κ1) is 26.7. The van der Waals surface area contributed by atoms with Crippen molar-refractivity contribution in [2.45, 2.75) is 26.2 Å². The summed E-state index contributed by atoms with van der Waals surface area (Å²) < 4.78 is 7.58. The lowest BCUT2D eigenvalue weighted by Crippen LogP contribution is -2.42. The Balaban J connectivity index is 1.82. The average Bonchev–Trinajstić information content (AvgIpc) is 3.21. The summed E-state index contributed by atoms with van der Waals surface area (Å²) in [7, 11) is 1.54. The van der Waals surface area contributed by atoms with Gasteiger partial charge in [-0.05, 0) is 30.3 Å². The summed E-state index contributed by atoms with van der Waals surface area (Å²) >= 11 is 9.80. The van der Waals surface area contributed by atoms with Crippen LogP contribution in [0, 0.1) is 0 Å². The van der Waals surface area contributed by atoms with Crippen molar-refractivity contribution >= 4 is 51.0 Å². The molecule has 1 aromatic heterocycles. The molecule has 3 aromatic rings. The van der Waals surface area contributed by atoms with E-state index in [0.29, 0.717) is 22.2 Å². The molecule has 2 aromatic carbocycles. The number of amides is 3. The molecule has 1 heterocycles. The first-order valence-electron chi connectivity index (χ1n) is 11.0. The highest BCUT2D eigenvalue weighted by Gasteiger charge is 2.24. The fourth-order valence-electron chi connectivity index (χ4n) is 3.22. The van der Waals surface area contributed by atoms with E-state index in [1.807, 2.05) is 57.2 Å². The Morgan fingerprint density at radius 2 is 1.86 bits per heavy atom. The summed E-state index contributed by atoms with van der Waals surface area (Å²) in [5.41, 5.74) is 1.79. The van der Waals surface area contributed by atoms with Crippen LogP contribution < -0.4 is 10.6 Å². The van der Waals surface area contributed by atoms with Gasteiger partial charge in [-0.2, -0.15) is 5.10 Å². The molecule has 0 bridgehead atoms. The molecule has 0 fully saturated rings. The number of nitrogens with zero attached hydrogens (tertiary/aromatic N) is 3. The average molecular weight is 563 g/mol. The highest BCUT2D eigenvalue weighted by Crippen LogP contribution is 2.29. The minimum absolute atomic E-state index is 0.179. The number of rotatable bonds is 8. The molecule has 0 aliphatic carbocycles. The third-order valence-electron chi connectivity index (χ3n) is 5.09. The van der Waals surface area contributed by atoms with E-state index in [0.717, 1.165) is 10.2 Å². The molecule has 10 heteroatoms. The number of aromatic nitrogens is 2. The Bertz CT molecular complexity index is 1190. The van der Waals surface area contributed by atoms with E-state index in [9.17, 15) is 9.59 Å². The number of nitrogens with one attached hydrogen (secondary N) is 2. The number of methoxy groups -OCH3 is 1. The highest BCUT2D eigenvalue weighted by molar-refractivity contribution is 9.10. The monoisotopic (exact) mass is 561 g/mol. The van der Waals surface area contributed by atoms with Crippen LogP contribution in [0.5, 0.6) is 0 Å². The second-order valence-electron chi connectivity index (χ2n) is 8.93. The summed E-state index contributed by atoms with van der Waals surface area (Å²) in [5, 5.41) is 10.9. The normalized spacial score (nSPS) is 11.3. The molecule has 8 nitrogen and oxygen atoms in total. The van der Waals surface area contributed by atoms with E-state index in [-0.39, 0.29) is 31.0 Å². The van der Waals surface area contributed by atoms with Crippen LogP contribution in [-0.4, -0.2) is 53.4 Å². The van der Waals surface area contributed by atoms with Crippen molar-refractivity contribution in [2.24, 2.45) is 0 Å². The lowest BCUT2D eigenvalue weighted by molar-refractivity contribution is -0.116. The predicted molar refractivity (Wildman–Crippen MR) is 143 cm³/mol. The van der Waals surface area contributed by atoms with Gasteiger partial charge in [0.15, 0.2) is 0 Å². The van der Waals surface area contributed by atoms with Crippen molar-refractivity contribution in [3.05, 3.63) is 69.8 Å². The molecule has 0 radical (unpaired) electrons. The number of hydrogen-bond donors (Lipinski definition) is 2. The molecule has 0 unspecified atom stereocenters. The molecule has 0 saturated carbocycles. The van der Waals surface area contributed by atoms with Gasteiger partial charge in [-0.25, -0.2) is 9.48 Å². The lowest BCUT2D eigenvalue weighted by Gasteiger charge is -2.22. The zero-order valence-corrected chi connectivity index (χ0v) is 22.5. The van der Waals surface area contributed by atoms with Crippen LogP contribution in [0.1, 0.15) is 26.5 Å². The molecule has 186 valence electrons. The number of carbonyl (C=O) groups is 2. The quantitative estimate of drug-likeness (QED) is 0.368. The second kappa shape index (κ2) is 11.7. The van der Waals surface area contributed by atoms with Crippen molar-refractivity contribution in [1.82, 2.24) is 14.7 Å². The summed E-state index contributed by atoms with van der Waals surface area (Å²) in [6.45, 7) is 6.46. The number of carbonyl (C=O) groups excluding carboxylic acids is 2. The van der Waals surface area contributed by atoms with Crippen LogP contribution >= 0.6 is 27.5 Å². The minimum Gasteiger partial charge on any atom is -0.383 e. The van der Waals surface area contributed by atoms with Crippen LogP contribution in [0.2, 0.25) is 5.02 Å². The standard InChI is InChI=1S/C25H29BrClN5O3/c1-25(2,3)21-15-22(32(30-21)20-11-6-5-10-19(20)27)29-23(33)16-31(12-13-35-4)24(34)28-18-9-7-8-17(26)14-18/h5-11,14-15H,12-13,16H2,1-4H3,(H,28,34)(H,29,33). The van der Waals surface area contributed by atoms with Gasteiger partial charge in [0.1, 0.15) is 12.4 Å². The molecular formula is C25H29BrClN5O3. The summed E-state index contributed by atoms with van der Waals surface area (Å²) in [4.78, 5) is 27.4. The van der Waals surface area contributed by atoms with Gasteiger partial charge in [0.05, 0.1) is 23.0 Å². The summed E-state index contributed by atoms with van der Waals surface area (Å²) in [6, 6.07) is 15.9. The molecule has 0 saturated heterocycles. The van der Waals surface area contributed by atoms with Crippen molar-refractivity contribution in [3.63, 3.8) is 0 Å². The van der Waals surface area contributed by atoms with E-state index < -0.39 is 6.03 Å². The number of urea groups is 1. The Morgan fingerprint density at radius 1 is 1.11 bits per heavy atom. The van der Waals surface area contributed by atoms with Gasteiger partial charge >= 0.3 is 6.03 Å². The van der Waals surface area contributed by atoms with Gasteiger partial charge in [-0.15, -0.1) is 0 Å². The molecule has 35 heavy (non-hydrogen) atoms. The molecule has 0 aliphatic heterocycles. The van der Waals surface area contributed by atoms with E-state index in [4.69, 9.17) is 21.4 Å². The molecule has 2 N–H and O–H groups in total. The van der Waals surface area contributed by atoms with E-state index in [1.165, 1.54) is 4.90 Å². The maximum Gasteiger partial charge on any atom is 0.322 e. The molecule has 3 rings (SSSR count). The van der Waals surface area contributed by atoms with Crippen molar-refractivity contribution in [2.75, 3.05) is 37.4 Å². The second-order valence-corrected chi connectivity index (χ2v) is 10.3. The number of benzene rings is 2. The van der Waals surface area contributed by atoms with Crippen LogP contribution in [0.25, 0.3) is 5.69 Å². The fraction of sp³-hybridized carbons (Fsp3) is 0.320. The maximum absolute atomic E-state index is 13.1. The first-order valence-corrected chi connectivity index (χ1v) is 12.2. The van der Waals surface area contributed by atoms with Gasteiger partial charge in [-0.1, -0.05) is 66.5 Å².